The maximum atomic E-state index is 6.06. The quantitative estimate of drug-likeness (QED) is 0.504. The van der Waals surface area contributed by atoms with Crippen LogP contribution in [0.25, 0.3) is 33.6 Å². The van der Waals surface area contributed by atoms with Crippen LogP contribution < -0.4 is 0 Å². The van der Waals surface area contributed by atoms with Crippen LogP contribution in [0, 0.1) is 6.92 Å². The highest BCUT2D eigenvalue weighted by molar-refractivity contribution is 5.93. The second-order valence-electron chi connectivity index (χ2n) is 9.10. The van der Waals surface area contributed by atoms with Gasteiger partial charge in [-0.25, -0.2) is 0 Å². The van der Waals surface area contributed by atoms with E-state index < -0.39 is 0 Å². The van der Waals surface area contributed by atoms with Gasteiger partial charge in [-0.2, -0.15) is 0 Å². The first-order valence-electron chi connectivity index (χ1n) is 11.3. The number of hydrogen-bond donors (Lipinski definition) is 1. The molecule has 4 aromatic rings. The van der Waals surface area contributed by atoms with E-state index in [2.05, 4.69) is 81.2 Å². The van der Waals surface area contributed by atoms with Crippen molar-refractivity contribution in [3.8, 4) is 22.7 Å². The van der Waals surface area contributed by atoms with Crippen molar-refractivity contribution < 1.29 is 4.42 Å². The molecule has 1 aliphatic rings. The third-order valence-electron chi connectivity index (χ3n) is 6.27. The minimum absolute atomic E-state index is 0.359. The normalized spacial score (nSPS) is 15.8. The Balaban J connectivity index is 1.47. The Morgan fingerprint density at radius 2 is 1.84 bits per heavy atom. The molecule has 1 aliphatic heterocycles. The van der Waals surface area contributed by atoms with E-state index in [1.54, 1.807) is 0 Å². The molecule has 0 radical (unpaired) electrons. The fourth-order valence-corrected chi connectivity index (χ4v) is 4.51. The highest BCUT2D eigenvalue weighted by Crippen LogP contribution is 2.37. The van der Waals surface area contributed by atoms with Gasteiger partial charge >= 0.3 is 0 Å². The van der Waals surface area contributed by atoms with Gasteiger partial charge in [-0.1, -0.05) is 13.8 Å². The Morgan fingerprint density at radius 1 is 1.03 bits per heavy atom. The van der Waals surface area contributed by atoms with E-state index in [9.17, 15) is 0 Å². The van der Waals surface area contributed by atoms with Gasteiger partial charge in [-0.15, -0.1) is 10.2 Å². The lowest BCUT2D eigenvalue weighted by Crippen LogP contribution is -2.43. The van der Waals surface area contributed by atoms with Gasteiger partial charge in [-0.3, -0.25) is 9.88 Å². The smallest absolute Gasteiger partial charge is 0.247 e. The van der Waals surface area contributed by atoms with Gasteiger partial charge in [-0.05, 0) is 55.8 Å². The number of aromatic amines is 1. The van der Waals surface area contributed by atoms with E-state index >= 15 is 0 Å². The van der Waals surface area contributed by atoms with E-state index in [0.29, 0.717) is 24.2 Å². The minimum Gasteiger partial charge on any atom is -0.419 e. The topological polar surface area (TPSA) is 74.1 Å². The molecule has 0 aliphatic carbocycles. The standard InChI is InChI=1S/C25H30N6O/c1-16(2)23-20-14-19(5-6-21(20)27-24(23)18-7-8-26-17(3)13-18)25-29-28-22(32-25)15-31-11-9-30(4)10-12-31/h5-8,13-14,16,27H,9-12,15H2,1-4H3. The van der Waals surface area contributed by atoms with Gasteiger partial charge in [0.2, 0.25) is 11.8 Å². The molecule has 3 aromatic heterocycles. The Labute approximate surface area is 188 Å². The Kier molecular flexibility index (Phi) is 5.53. The van der Waals surface area contributed by atoms with Crippen molar-refractivity contribution in [1.29, 1.82) is 0 Å². The van der Waals surface area contributed by atoms with Crippen LogP contribution in [0.1, 0.15) is 36.9 Å². The number of aromatic nitrogens is 4. The number of nitrogens with zero attached hydrogens (tertiary/aromatic N) is 5. The molecule has 1 fully saturated rings. The predicted octanol–water partition coefficient (Wildman–Crippen LogP) is 4.46. The van der Waals surface area contributed by atoms with Crippen LogP contribution in [0.15, 0.2) is 40.9 Å². The number of piperazine rings is 1. The van der Waals surface area contributed by atoms with Crippen LogP contribution in [-0.4, -0.2) is 63.2 Å². The van der Waals surface area contributed by atoms with Crippen molar-refractivity contribution in [3.05, 3.63) is 53.7 Å². The van der Waals surface area contributed by atoms with E-state index in [4.69, 9.17) is 4.42 Å². The molecule has 166 valence electrons. The molecule has 0 saturated carbocycles. The van der Waals surface area contributed by atoms with E-state index in [1.807, 2.05) is 13.1 Å². The number of likely N-dealkylation sites (N-methyl/N-ethyl adjacent to an activating group) is 1. The summed E-state index contributed by atoms with van der Waals surface area (Å²) in [6, 6.07) is 10.5. The number of fused-ring (bicyclic) bond motifs is 1. The molecule has 32 heavy (non-hydrogen) atoms. The first-order chi connectivity index (χ1) is 15.5. The summed E-state index contributed by atoms with van der Waals surface area (Å²) in [7, 11) is 2.16. The van der Waals surface area contributed by atoms with E-state index in [1.165, 1.54) is 10.9 Å². The number of aryl methyl sites for hydroxylation is 1. The Hall–Kier alpha value is -3.03. The molecule has 1 aromatic carbocycles. The van der Waals surface area contributed by atoms with Gasteiger partial charge in [0.05, 0.1) is 12.2 Å². The Morgan fingerprint density at radius 3 is 2.59 bits per heavy atom. The summed E-state index contributed by atoms with van der Waals surface area (Å²) in [5, 5.41) is 9.87. The molecule has 7 heteroatoms. The van der Waals surface area contributed by atoms with E-state index in [0.717, 1.165) is 54.2 Å². The number of H-pyrrole nitrogens is 1. The van der Waals surface area contributed by atoms with Crippen molar-refractivity contribution in [1.82, 2.24) is 30.0 Å². The fraction of sp³-hybridized carbons (Fsp3) is 0.400. The number of hydrogen-bond acceptors (Lipinski definition) is 6. The lowest BCUT2D eigenvalue weighted by atomic mass is 9.95. The highest BCUT2D eigenvalue weighted by atomic mass is 16.4. The minimum atomic E-state index is 0.359. The average Bonchev–Trinajstić information content (AvgIpc) is 3.39. The zero-order valence-electron chi connectivity index (χ0n) is 19.2. The monoisotopic (exact) mass is 430 g/mol. The van der Waals surface area contributed by atoms with Crippen molar-refractivity contribution in [2.45, 2.75) is 33.2 Å². The molecule has 4 heterocycles. The zero-order valence-corrected chi connectivity index (χ0v) is 19.2. The lowest BCUT2D eigenvalue weighted by Gasteiger charge is -2.31. The van der Waals surface area contributed by atoms with Gasteiger partial charge in [0.15, 0.2) is 0 Å². The highest BCUT2D eigenvalue weighted by Gasteiger charge is 2.20. The third kappa shape index (κ3) is 4.06. The van der Waals surface area contributed by atoms with Gasteiger partial charge in [0.25, 0.3) is 0 Å². The van der Waals surface area contributed by atoms with Crippen LogP contribution in [-0.2, 0) is 6.54 Å². The summed E-state index contributed by atoms with van der Waals surface area (Å²) >= 11 is 0. The molecule has 7 nitrogen and oxygen atoms in total. The average molecular weight is 431 g/mol. The van der Waals surface area contributed by atoms with Gasteiger partial charge < -0.3 is 14.3 Å². The number of benzene rings is 1. The van der Waals surface area contributed by atoms with Crippen LogP contribution >= 0.6 is 0 Å². The molecule has 0 atom stereocenters. The third-order valence-corrected chi connectivity index (χ3v) is 6.27. The van der Waals surface area contributed by atoms with Crippen LogP contribution in [0.2, 0.25) is 0 Å². The summed E-state index contributed by atoms with van der Waals surface area (Å²) in [6.07, 6.45) is 1.87. The summed E-state index contributed by atoms with van der Waals surface area (Å²) in [5.41, 5.74) is 6.68. The molecule has 1 N–H and O–H groups in total. The lowest BCUT2D eigenvalue weighted by molar-refractivity contribution is 0.138. The van der Waals surface area contributed by atoms with Gasteiger partial charge in [0, 0.05) is 60.1 Å². The first-order valence-corrected chi connectivity index (χ1v) is 11.3. The van der Waals surface area contributed by atoms with Crippen LogP contribution in [0.4, 0.5) is 0 Å². The van der Waals surface area contributed by atoms with Crippen LogP contribution in [0.5, 0.6) is 0 Å². The summed E-state index contributed by atoms with van der Waals surface area (Å²) in [5.74, 6) is 1.61. The van der Waals surface area contributed by atoms with Crippen molar-refractivity contribution in [2.24, 2.45) is 0 Å². The number of nitrogens with one attached hydrogen (secondary N) is 1. The molecule has 5 rings (SSSR count). The molecule has 1 saturated heterocycles. The number of rotatable bonds is 5. The molecular weight excluding hydrogens is 400 g/mol. The van der Waals surface area contributed by atoms with Crippen molar-refractivity contribution >= 4 is 10.9 Å². The first kappa shape index (κ1) is 20.8. The summed E-state index contributed by atoms with van der Waals surface area (Å²) < 4.78 is 6.06. The zero-order chi connectivity index (χ0) is 22.2. The molecule has 0 spiro atoms. The summed E-state index contributed by atoms with van der Waals surface area (Å²) in [6.45, 7) is 11.4. The Bertz CT molecular complexity index is 1230. The summed E-state index contributed by atoms with van der Waals surface area (Å²) in [4.78, 5) is 12.7. The van der Waals surface area contributed by atoms with Crippen molar-refractivity contribution in [2.75, 3.05) is 33.2 Å². The maximum absolute atomic E-state index is 6.06. The second kappa shape index (κ2) is 8.48. The fourth-order valence-electron chi connectivity index (χ4n) is 4.51. The molecule has 0 unspecified atom stereocenters. The number of pyridine rings is 1. The maximum Gasteiger partial charge on any atom is 0.247 e. The van der Waals surface area contributed by atoms with E-state index in [-0.39, 0.29) is 0 Å². The van der Waals surface area contributed by atoms with Gasteiger partial charge in [0.1, 0.15) is 0 Å². The van der Waals surface area contributed by atoms with Crippen molar-refractivity contribution in [3.63, 3.8) is 0 Å². The SMILES string of the molecule is Cc1cc(-c2[nH]c3ccc(-c4nnc(CN5CCN(C)CC5)o4)cc3c2C(C)C)ccn1. The molecule has 0 bridgehead atoms. The molecule has 0 amide bonds. The predicted molar refractivity (Wildman–Crippen MR) is 126 cm³/mol. The second-order valence-corrected chi connectivity index (χ2v) is 9.10. The molecular formula is C25H30N6O. The largest absolute Gasteiger partial charge is 0.419 e. The van der Waals surface area contributed by atoms with Crippen LogP contribution in [0.3, 0.4) is 0 Å².